The van der Waals surface area contributed by atoms with Gasteiger partial charge < -0.3 is 19.4 Å². The SMILES string of the molecule is Cc1ccc(CC(=O)N2CCc3nc(N4CCOCC4)nc(N(C)C)c3CC2)cc1. The van der Waals surface area contributed by atoms with Crippen LogP contribution >= 0.6 is 0 Å². The summed E-state index contributed by atoms with van der Waals surface area (Å²) in [5.41, 5.74) is 4.52. The normalized spacial score (nSPS) is 16.8. The average molecular weight is 410 g/mol. The van der Waals surface area contributed by atoms with Gasteiger partial charge in [-0.3, -0.25) is 4.79 Å². The lowest BCUT2D eigenvalue weighted by Crippen LogP contribution is -2.38. The number of morpholine rings is 1. The Morgan fingerprint density at radius 1 is 1.03 bits per heavy atom. The molecule has 2 aliphatic rings. The van der Waals surface area contributed by atoms with E-state index in [-0.39, 0.29) is 5.91 Å². The Morgan fingerprint density at radius 2 is 1.73 bits per heavy atom. The lowest BCUT2D eigenvalue weighted by atomic mass is 10.1. The number of carbonyl (C=O) groups is 1. The Hall–Kier alpha value is -2.67. The van der Waals surface area contributed by atoms with Gasteiger partial charge in [0.05, 0.1) is 25.3 Å². The van der Waals surface area contributed by atoms with Crippen LogP contribution < -0.4 is 9.80 Å². The Kier molecular flexibility index (Phi) is 6.18. The minimum atomic E-state index is 0.180. The second-order valence-electron chi connectivity index (χ2n) is 8.31. The van der Waals surface area contributed by atoms with Crippen molar-refractivity contribution in [1.29, 1.82) is 0 Å². The summed E-state index contributed by atoms with van der Waals surface area (Å²) in [5.74, 6) is 1.92. The summed E-state index contributed by atoms with van der Waals surface area (Å²) in [7, 11) is 4.05. The molecule has 7 heteroatoms. The minimum Gasteiger partial charge on any atom is -0.378 e. The number of nitrogens with zero attached hydrogens (tertiary/aromatic N) is 5. The second kappa shape index (κ2) is 9.00. The van der Waals surface area contributed by atoms with Crippen LogP contribution in [0.5, 0.6) is 0 Å². The van der Waals surface area contributed by atoms with E-state index in [1.165, 1.54) is 11.1 Å². The molecular formula is C23H31N5O2. The third-order valence-electron chi connectivity index (χ3n) is 5.86. The van der Waals surface area contributed by atoms with E-state index < -0.39 is 0 Å². The van der Waals surface area contributed by atoms with Gasteiger partial charge in [0.15, 0.2) is 0 Å². The van der Waals surface area contributed by atoms with Crippen molar-refractivity contribution in [2.75, 3.05) is 63.3 Å². The van der Waals surface area contributed by atoms with Gasteiger partial charge in [-0.1, -0.05) is 29.8 Å². The van der Waals surface area contributed by atoms with Gasteiger partial charge in [0.25, 0.3) is 0 Å². The summed E-state index contributed by atoms with van der Waals surface area (Å²) < 4.78 is 5.48. The molecule has 1 aromatic carbocycles. The molecule has 0 saturated carbocycles. The summed E-state index contributed by atoms with van der Waals surface area (Å²) in [6.07, 6.45) is 1.99. The lowest BCUT2D eigenvalue weighted by molar-refractivity contribution is -0.130. The molecule has 4 rings (SSSR count). The van der Waals surface area contributed by atoms with E-state index in [1.807, 2.05) is 31.1 Å². The van der Waals surface area contributed by atoms with Crippen LogP contribution in [0.2, 0.25) is 0 Å². The molecule has 1 fully saturated rings. The number of hydrogen-bond donors (Lipinski definition) is 0. The Bertz CT molecular complexity index is 891. The first-order valence-electron chi connectivity index (χ1n) is 10.7. The summed E-state index contributed by atoms with van der Waals surface area (Å²) in [5, 5.41) is 0. The molecule has 1 amide bonds. The fourth-order valence-electron chi connectivity index (χ4n) is 4.08. The van der Waals surface area contributed by atoms with Gasteiger partial charge in [0, 0.05) is 52.3 Å². The molecule has 2 aromatic rings. The van der Waals surface area contributed by atoms with E-state index in [0.717, 1.165) is 49.0 Å². The zero-order valence-electron chi connectivity index (χ0n) is 18.2. The van der Waals surface area contributed by atoms with Crippen molar-refractivity contribution in [1.82, 2.24) is 14.9 Å². The molecule has 0 N–H and O–H groups in total. The van der Waals surface area contributed by atoms with Gasteiger partial charge in [-0.25, -0.2) is 4.98 Å². The van der Waals surface area contributed by atoms with E-state index in [1.54, 1.807) is 0 Å². The molecule has 0 radical (unpaired) electrons. The maximum Gasteiger partial charge on any atom is 0.227 e. The number of ether oxygens (including phenoxy) is 1. The van der Waals surface area contributed by atoms with Crippen molar-refractivity contribution in [3.63, 3.8) is 0 Å². The van der Waals surface area contributed by atoms with E-state index in [0.29, 0.717) is 32.7 Å². The average Bonchev–Trinajstić information content (AvgIpc) is 2.98. The highest BCUT2D eigenvalue weighted by Gasteiger charge is 2.25. The van der Waals surface area contributed by atoms with Crippen LogP contribution in [0.15, 0.2) is 24.3 Å². The van der Waals surface area contributed by atoms with Crippen LogP contribution in [-0.4, -0.2) is 74.3 Å². The van der Waals surface area contributed by atoms with E-state index in [2.05, 4.69) is 28.9 Å². The molecular weight excluding hydrogens is 378 g/mol. The van der Waals surface area contributed by atoms with Crippen molar-refractivity contribution in [2.24, 2.45) is 0 Å². The molecule has 7 nitrogen and oxygen atoms in total. The van der Waals surface area contributed by atoms with Gasteiger partial charge in [-0.2, -0.15) is 4.98 Å². The first-order chi connectivity index (χ1) is 14.5. The second-order valence-corrected chi connectivity index (χ2v) is 8.31. The molecule has 0 spiro atoms. The van der Waals surface area contributed by atoms with Gasteiger partial charge in [0.2, 0.25) is 11.9 Å². The molecule has 2 aliphatic heterocycles. The summed E-state index contributed by atoms with van der Waals surface area (Å²) in [6, 6.07) is 8.22. The number of fused-ring (bicyclic) bond motifs is 1. The zero-order chi connectivity index (χ0) is 21.1. The molecule has 1 aromatic heterocycles. The van der Waals surface area contributed by atoms with Crippen molar-refractivity contribution in [3.8, 4) is 0 Å². The first-order valence-corrected chi connectivity index (χ1v) is 10.7. The summed E-state index contributed by atoms with van der Waals surface area (Å²) >= 11 is 0. The fourth-order valence-corrected chi connectivity index (χ4v) is 4.08. The number of carbonyl (C=O) groups excluding carboxylic acids is 1. The fraction of sp³-hybridized carbons (Fsp3) is 0.522. The van der Waals surface area contributed by atoms with Crippen molar-refractivity contribution in [2.45, 2.75) is 26.2 Å². The minimum absolute atomic E-state index is 0.180. The van der Waals surface area contributed by atoms with Gasteiger partial charge in [0.1, 0.15) is 5.82 Å². The molecule has 3 heterocycles. The van der Waals surface area contributed by atoms with Crippen LogP contribution in [0.1, 0.15) is 22.4 Å². The number of anilines is 2. The Labute approximate surface area is 178 Å². The zero-order valence-corrected chi connectivity index (χ0v) is 18.2. The van der Waals surface area contributed by atoms with Crippen molar-refractivity contribution >= 4 is 17.7 Å². The summed E-state index contributed by atoms with van der Waals surface area (Å²) in [4.78, 5) is 29.0. The summed E-state index contributed by atoms with van der Waals surface area (Å²) in [6.45, 7) is 6.51. The third-order valence-corrected chi connectivity index (χ3v) is 5.86. The number of aryl methyl sites for hydroxylation is 1. The molecule has 0 atom stereocenters. The number of hydrogen-bond acceptors (Lipinski definition) is 6. The van der Waals surface area contributed by atoms with Crippen LogP contribution in [0, 0.1) is 6.92 Å². The maximum atomic E-state index is 12.9. The molecule has 30 heavy (non-hydrogen) atoms. The number of benzene rings is 1. The number of rotatable bonds is 4. The monoisotopic (exact) mass is 409 g/mol. The molecule has 1 saturated heterocycles. The molecule has 0 bridgehead atoms. The highest BCUT2D eigenvalue weighted by Crippen LogP contribution is 2.26. The molecule has 0 aliphatic carbocycles. The highest BCUT2D eigenvalue weighted by atomic mass is 16.5. The van der Waals surface area contributed by atoms with E-state index >= 15 is 0 Å². The quantitative estimate of drug-likeness (QED) is 0.768. The van der Waals surface area contributed by atoms with Crippen molar-refractivity contribution < 1.29 is 9.53 Å². The van der Waals surface area contributed by atoms with Gasteiger partial charge in [-0.15, -0.1) is 0 Å². The van der Waals surface area contributed by atoms with E-state index in [9.17, 15) is 4.79 Å². The number of amides is 1. The first kappa shape index (κ1) is 20.6. The van der Waals surface area contributed by atoms with Crippen LogP contribution in [0.4, 0.5) is 11.8 Å². The molecule has 160 valence electrons. The lowest BCUT2D eigenvalue weighted by Gasteiger charge is -2.28. The van der Waals surface area contributed by atoms with Crippen molar-refractivity contribution in [3.05, 3.63) is 46.6 Å². The highest BCUT2D eigenvalue weighted by molar-refractivity contribution is 5.79. The van der Waals surface area contributed by atoms with Crippen LogP contribution in [0.25, 0.3) is 0 Å². The largest absolute Gasteiger partial charge is 0.378 e. The smallest absolute Gasteiger partial charge is 0.227 e. The molecule has 0 unspecified atom stereocenters. The van der Waals surface area contributed by atoms with Gasteiger partial charge >= 0.3 is 0 Å². The maximum absolute atomic E-state index is 12.9. The van der Waals surface area contributed by atoms with Crippen LogP contribution in [-0.2, 0) is 28.8 Å². The predicted octanol–water partition coefficient (Wildman–Crippen LogP) is 1.86. The Morgan fingerprint density at radius 3 is 2.43 bits per heavy atom. The third kappa shape index (κ3) is 4.56. The van der Waals surface area contributed by atoms with Crippen LogP contribution in [0.3, 0.4) is 0 Å². The Balaban J connectivity index is 1.52. The predicted molar refractivity (Wildman–Crippen MR) is 118 cm³/mol. The van der Waals surface area contributed by atoms with E-state index in [4.69, 9.17) is 14.7 Å². The van der Waals surface area contributed by atoms with Gasteiger partial charge in [-0.05, 0) is 18.9 Å². The topological polar surface area (TPSA) is 61.8 Å². The number of aromatic nitrogens is 2. The standard InChI is InChI=1S/C23H31N5O2/c1-17-4-6-18(7-5-17)16-21(29)27-10-8-19-20(9-11-27)24-23(25-22(19)26(2)3)28-12-14-30-15-13-28/h4-7H,8-16H2,1-3H3.